The first-order valence-electron chi connectivity index (χ1n) is 12.6. The van der Waals surface area contributed by atoms with E-state index < -0.39 is 5.97 Å². The number of hydrogen-bond acceptors (Lipinski definition) is 1. The van der Waals surface area contributed by atoms with E-state index in [-0.39, 0.29) is 0 Å². The molecule has 0 saturated heterocycles. The second kappa shape index (κ2) is 25.8. The molecule has 0 aliphatic heterocycles. The molecule has 0 unspecified atom stereocenters. The Balaban J connectivity index is 0. The molecule has 29 heavy (non-hydrogen) atoms. The number of carbonyl (C=O) groups is 1. The summed E-state index contributed by atoms with van der Waals surface area (Å²) in [7, 11) is 0. The molecule has 0 rings (SSSR count). The number of aliphatic carboxylic acids is 1. The van der Waals surface area contributed by atoms with Crippen LogP contribution in [0.4, 0.5) is 0 Å². The summed E-state index contributed by atoms with van der Waals surface area (Å²) in [6.45, 7) is 11.5. The Labute approximate surface area is 190 Å². The quantitative estimate of drug-likeness (QED) is 0.128. The van der Waals surface area contributed by atoms with E-state index >= 15 is 0 Å². The molecule has 0 aromatic rings. The van der Waals surface area contributed by atoms with Crippen LogP contribution >= 0.6 is 0 Å². The highest BCUT2D eigenvalue weighted by atomic mass is 27.1. The molecule has 0 saturated carbocycles. The van der Waals surface area contributed by atoms with Crippen molar-refractivity contribution in [2.24, 2.45) is 11.8 Å². The minimum absolute atomic E-state index is 0.332. The molecule has 0 aromatic carbocycles. The molecule has 0 aliphatic rings. The fourth-order valence-corrected chi connectivity index (χ4v) is 4.64. The van der Waals surface area contributed by atoms with E-state index in [9.17, 15) is 4.79 Å². The Hall–Kier alpha value is -0.258. The van der Waals surface area contributed by atoms with Gasteiger partial charge in [0.25, 0.3) is 0 Å². The van der Waals surface area contributed by atoms with Gasteiger partial charge in [-0.1, -0.05) is 110 Å². The van der Waals surface area contributed by atoms with Crippen LogP contribution in [0.5, 0.6) is 0 Å². The number of rotatable bonds is 19. The van der Waals surface area contributed by atoms with Gasteiger partial charge in [0.1, 0.15) is 0 Å². The zero-order valence-electron chi connectivity index (χ0n) is 20.6. The molecule has 1 N–H and O–H groups in total. The summed E-state index contributed by atoms with van der Waals surface area (Å²) < 4.78 is 0. The minimum Gasteiger partial charge on any atom is -0.481 e. The zero-order chi connectivity index (χ0) is 22.2. The van der Waals surface area contributed by atoms with Gasteiger partial charge in [0, 0.05) is 6.42 Å². The molecule has 171 valence electrons. The molecule has 0 bridgehead atoms. The lowest BCUT2D eigenvalue weighted by atomic mass is 10.1. The SMILES string of the molecule is CC(C)[CH2][Al][CH2]C(C)C.CCCCCCCCC=CCCCCCCCC(=O)O. The Bertz CT molecular complexity index is 343. The van der Waals surface area contributed by atoms with Crippen LogP contribution in [0.25, 0.3) is 0 Å². The number of carboxylic acids is 1. The lowest BCUT2D eigenvalue weighted by Crippen LogP contribution is -1.99. The van der Waals surface area contributed by atoms with Gasteiger partial charge in [-0.25, -0.2) is 0 Å². The summed E-state index contributed by atoms with van der Waals surface area (Å²) in [6, 6.07) is 0. The Morgan fingerprint density at radius 1 is 0.724 bits per heavy atom. The van der Waals surface area contributed by atoms with E-state index in [0.29, 0.717) is 6.42 Å². The van der Waals surface area contributed by atoms with E-state index in [1.165, 1.54) is 81.2 Å². The molecule has 3 heteroatoms. The molecule has 0 fully saturated rings. The second-order valence-electron chi connectivity index (χ2n) is 9.28. The zero-order valence-corrected chi connectivity index (χ0v) is 21.7. The van der Waals surface area contributed by atoms with Crippen molar-refractivity contribution in [3.05, 3.63) is 12.2 Å². The van der Waals surface area contributed by atoms with Crippen molar-refractivity contribution in [2.75, 3.05) is 0 Å². The second-order valence-corrected chi connectivity index (χ2v) is 10.8. The summed E-state index contributed by atoms with van der Waals surface area (Å²) in [5, 5.41) is 11.5. The number of allylic oxidation sites excluding steroid dienone is 2. The van der Waals surface area contributed by atoms with Gasteiger partial charge in [-0.3, -0.25) is 4.79 Å². The fraction of sp³-hybridized carbons (Fsp3) is 0.885. The monoisotopic (exact) mass is 423 g/mol. The maximum atomic E-state index is 10.3. The van der Waals surface area contributed by atoms with Crippen LogP contribution in [0, 0.1) is 11.8 Å². The summed E-state index contributed by atoms with van der Waals surface area (Å²) in [4.78, 5) is 10.3. The third-order valence-electron chi connectivity index (χ3n) is 4.93. The predicted octanol–water partition coefficient (Wildman–Crippen LogP) is 8.95. The lowest BCUT2D eigenvalue weighted by Gasteiger charge is -2.03. The molecule has 2 nitrogen and oxygen atoms in total. The van der Waals surface area contributed by atoms with E-state index in [1.54, 1.807) is 0 Å². The van der Waals surface area contributed by atoms with E-state index in [0.717, 1.165) is 39.9 Å². The summed E-state index contributed by atoms with van der Waals surface area (Å²) in [6.07, 6.45) is 21.2. The van der Waals surface area contributed by atoms with Crippen molar-refractivity contribution in [2.45, 2.75) is 135 Å². The van der Waals surface area contributed by atoms with Crippen LogP contribution in [0.1, 0.15) is 125 Å². The van der Waals surface area contributed by atoms with E-state index in [4.69, 9.17) is 5.11 Å². The van der Waals surface area contributed by atoms with Crippen LogP contribution in [0.15, 0.2) is 12.2 Å². The van der Waals surface area contributed by atoms with Crippen LogP contribution in [0.2, 0.25) is 10.6 Å². The van der Waals surface area contributed by atoms with Crippen molar-refractivity contribution in [3.63, 3.8) is 0 Å². The molecule has 0 spiro atoms. The highest BCUT2D eigenvalue weighted by Crippen LogP contribution is 2.10. The normalized spacial score (nSPS) is 11.1. The number of unbranched alkanes of at least 4 members (excludes halogenated alkanes) is 11. The van der Waals surface area contributed by atoms with Crippen LogP contribution < -0.4 is 0 Å². The predicted molar refractivity (Wildman–Crippen MR) is 132 cm³/mol. The van der Waals surface area contributed by atoms with Gasteiger partial charge in [0.15, 0.2) is 0 Å². The van der Waals surface area contributed by atoms with Gasteiger partial charge in [-0.15, -0.1) is 10.6 Å². The number of carboxylic acid groups (broad SMARTS) is 1. The Morgan fingerprint density at radius 3 is 1.55 bits per heavy atom. The van der Waals surface area contributed by atoms with Gasteiger partial charge in [0.2, 0.25) is 15.2 Å². The largest absolute Gasteiger partial charge is 0.481 e. The molecule has 0 heterocycles. The van der Waals surface area contributed by atoms with Gasteiger partial charge < -0.3 is 5.11 Å². The average molecular weight is 424 g/mol. The molecule has 0 amide bonds. The first kappa shape index (κ1) is 30.9. The van der Waals surface area contributed by atoms with Crippen LogP contribution in [-0.4, -0.2) is 26.3 Å². The minimum atomic E-state index is -0.664. The van der Waals surface area contributed by atoms with Gasteiger partial charge in [-0.05, 0) is 32.1 Å². The Morgan fingerprint density at radius 2 is 1.14 bits per heavy atom. The summed E-state index contributed by atoms with van der Waals surface area (Å²) in [5.74, 6) is 1.19. The third kappa shape index (κ3) is 35.5. The highest BCUT2D eigenvalue weighted by molar-refractivity contribution is 6.35. The first-order chi connectivity index (χ1) is 13.9. The van der Waals surface area contributed by atoms with Gasteiger partial charge in [0.05, 0.1) is 0 Å². The molecule has 0 aliphatic carbocycles. The van der Waals surface area contributed by atoms with Crippen molar-refractivity contribution >= 4 is 21.2 Å². The highest BCUT2D eigenvalue weighted by Gasteiger charge is 1.98. The van der Waals surface area contributed by atoms with E-state index in [2.05, 4.69) is 46.8 Å². The Kier molecular flexibility index (Phi) is 27.5. The van der Waals surface area contributed by atoms with Crippen LogP contribution in [-0.2, 0) is 4.79 Å². The lowest BCUT2D eigenvalue weighted by molar-refractivity contribution is -0.137. The standard InChI is InChI=1S/C18H34O2.2C4H9.Al/c1-2-3-4-5-6-7-8-9-10-11-12-13-14-15-16-17-18(19)20;2*1-4(2)3;/h9-10H,2-8,11-17H2,1H3,(H,19,20);2*4H,1H2,2-3H3;. The smallest absolute Gasteiger partial charge is 0.303 e. The molecule has 0 atom stereocenters. The average Bonchev–Trinajstić information content (AvgIpc) is 2.64. The van der Waals surface area contributed by atoms with Crippen molar-refractivity contribution in [1.29, 1.82) is 0 Å². The van der Waals surface area contributed by atoms with Gasteiger partial charge >= 0.3 is 5.97 Å². The molecule has 1 radical (unpaired) electrons. The summed E-state index contributed by atoms with van der Waals surface area (Å²) in [5.41, 5.74) is 0. The van der Waals surface area contributed by atoms with Crippen LogP contribution in [0.3, 0.4) is 0 Å². The van der Waals surface area contributed by atoms with E-state index in [1.807, 2.05) is 0 Å². The molecular formula is C26H52AlO2. The summed E-state index contributed by atoms with van der Waals surface area (Å²) >= 11 is 0.755. The van der Waals surface area contributed by atoms with Gasteiger partial charge in [-0.2, -0.15) is 0 Å². The fourth-order valence-electron chi connectivity index (χ4n) is 3.11. The number of hydrogen-bond donors (Lipinski definition) is 1. The third-order valence-corrected chi connectivity index (χ3v) is 7.48. The maximum Gasteiger partial charge on any atom is 0.303 e. The first-order valence-corrected chi connectivity index (χ1v) is 14.2. The molecule has 0 aromatic heterocycles. The molecular weight excluding hydrogens is 371 g/mol. The van der Waals surface area contributed by atoms with Crippen molar-refractivity contribution in [1.82, 2.24) is 0 Å². The van der Waals surface area contributed by atoms with Crippen molar-refractivity contribution in [3.8, 4) is 0 Å². The maximum absolute atomic E-state index is 10.3. The topological polar surface area (TPSA) is 37.3 Å². The van der Waals surface area contributed by atoms with Crippen molar-refractivity contribution < 1.29 is 9.90 Å².